The third-order valence-electron chi connectivity index (χ3n) is 2.78. The molecule has 5 heteroatoms. The first kappa shape index (κ1) is 13.9. The number of anilines is 1. The molecule has 1 aromatic carbocycles. The Balaban J connectivity index is 2.20. The van der Waals surface area contributed by atoms with Crippen LogP contribution in [-0.4, -0.2) is 4.98 Å². The summed E-state index contributed by atoms with van der Waals surface area (Å²) in [6, 6.07) is 5.21. The molecule has 0 saturated heterocycles. The fourth-order valence-electron chi connectivity index (χ4n) is 1.80. The van der Waals surface area contributed by atoms with Crippen LogP contribution in [0.4, 0.5) is 14.5 Å². The first-order valence-electron chi connectivity index (χ1n) is 5.80. The van der Waals surface area contributed by atoms with Crippen LogP contribution >= 0.6 is 15.9 Å². The molecular weight excluding hydrogens is 314 g/mol. The van der Waals surface area contributed by atoms with Gasteiger partial charge in [0.25, 0.3) is 0 Å². The van der Waals surface area contributed by atoms with Crippen LogP contribution in [0.3, 0.4) is 0 Å². The summed E-state index contributed by atoms with van der Waals surface area (Å²) in [5.41, 5.74) is 2.35. The molecule has 0 radical (unpaired) electrons. The van der Waals surface area contributed by atoms with Gasteiger partial charge < -0.3 is 5.32 Å². The van der Waals surface area contributed by atoms with E-state index in [1.165, 1.54) is 12.1 Å². The van der Waals surface area contributed by atoms with Crippen molar-refractivity contribution in [1.82, 2.24) is 4.98 Å². The number of halogens is 3. The van der Waals surface area contributed by atoms with Gasteiger partial charge >= 0.3 is 0 Å². The summed E-state index contributed by atoms with van der Waals surface area (Å²) >= 11 is 3.32. The molecule has 1 atom stereocenters. The van der Waals surface area contributed by atoms with E-state index in [1.54, 1.807) is 6.20 Å². The molecule has 19 heavy (non-hydrogen) atoms. The molecule has 0 spiro atoms. The van der Waals surface area contributed by atoms with Crippen molar-refractivity contribution in [2.75, 3.05) is 5.32 Å². The molecular formula is C14H13BrF2N2. The Labute approximate surface area is 119 Å². The molecule has 0 saturated carbocycles. The molecule has 1 N–H and O–H groups in total. The number of benzene rings is 1. The number of nitrogens with zero attached hydrogens (tertiary/aromatic N) is 1. The van der Waals surface area contributed by atoms with E-state index in [0.29, 0.717) is 5.56 Å². The Morgan fingerprint density at radius 2 is 1.79 bits per heavy atom. The smallest absolute Gasteiger partial charge is 0.126 e. The maximum atomic E-state index is 13.2. The Morgan fingerprint density at radius 3 is 2.37 bits per heavy atom. The summed E-state index contributed by atoms with van der Waals surface area (Å²) < 4.78 is 27.1. The zero-order valence-corrected chi connectivity index (χ0v) is 12.1. The van der Waals surface area contributed by atoms with Gasteiger partial charge in [0.1, 0.15) is 16.2 Å². The zero-order chi connectivity index (χ0) is 14.0. The minimum absolute atomic E-state index is 0.215. The Kier molecular flexibility index (Phi) is 4.14. The van der Waals surface area contributed by atoms with Crippen LogP contribution in [0.15, 0.2) is 35.1 Å². The molecule has 0 amide bonds. The van der Waals surface area contributed by atoms with Crippen molar-refractivity contribution in [2.45, 2.75) is 19.9 Å². The van der Waals surface area contributed by atoms with E-state index < -0.39 is 11.6 Å². The van der Waals surface area contributed by atoms with E-state index in [9.17, 15) is 8.78 Å². The molecule has 0 aliphatic rings. The summed E-state index contributed by atoms with van der Waals surface area (Å²) in [5, 5.41) is 3.16. The van der Waals surface area contributed by atoms with Gasteiger partial charge in [0.15, 0.2) is 0 Å². The highest BCUT2D eigenvalue weighted by atomic mass is 79.9. The molecule has 2 nitrogen and oxygen atoms in total. The minimum atomic E-state index is -0.575. The van der Waals surface area contributed by atoms with E-state index in [4.69, 9.17) is 0 Å². The lowest BCUT2D eigenvalue weighted by atomic mass is 10.1. The quantitative estimate of drug-likeness (QED) is 0.833. The second kappa shape index (κ2) is 5.65. The third kappa shape index (κ3) is 3.50. The van der Waals surface area contributed by atoms with Crippen molar-refractivity contribution in [3.8, 4) is 0 Å². The summed E-state index contributed by atoms with van der Waals surface area (Å²) in [5.74, 6) is -1.15. The van der Waals surface area contributed by atoms with Crippen molar-refractivity contribution in [3.63, 3.8) is 0 Å². The first-order valence-corrected chi connectivity index (χ1v) is 6.59. The molecule has 1 heterocycles. The Hall–Kier alpha value is -1.49. The SMILES string of the molecule is Cc1cc(NC(C)c2cc(F)cc(F)c2)cnc1Br. The van der Waals surface area contributed by atoms with Gasteiger partial charge in [-0.15, -0.1) is 0 Å². The Morgan fingerprint density at radius 1 is 1.16 bits per heavy atom. The second-order valence-corrected chi connectivity index (χ2v) is 5.15. The predicted molar refractivity (Wildman–Crippen MR) is 75.1 cm³/mol. The van der Waals surface area contributed by atoms with Crippen molar-refractivity contribution in [3.05, 3.63) is 57.8 Å². The average molecular weight is 327 g/mol. The maximum absolute atomic E-state index is 13.2. The lowest BCUT2D eigenvalue weighted by Crippen LogP contribution is -2.08. The maximum Gasteiger partial charge on any atom is 0.126 e. The summed E-state index contributed by atoms with van der Waals surface area (Å²) in [6.45, 7) is 3.76. The lowest BCUT2D eigenvalue weighted by molar-refractivity contribution is 0.577. The molecule has 1 aromatic heterocycles. The second-order valence-electron chi connectivity index (χ2n) is 4.40. The highest BCUT2D eigenvalue weighted by Gasteiger charge is 2.09. The van der Waals surface area contributed by atoms with Crippen LogP contribution in [0.2, 0.25) is 0 Å². The standard InChI is InChI=1S/C14H13BrF2N2/c1-8-3-13(7-18-14(8)15)19-9(2)10-4-11(16)6-12(17)5-10/h3-7,9,19H,1-2H3. The van der Waals surface area contributed by atoms with Crippen molar-refractivity contribution >= 4 is 21.6 Å². The molecule has 2 aromatic rings. The van der Waals surface area contributed by atoms with Gasteiger partial charge in [-0.25, -0.2) is 13.8 Å². The van der Waals surface area contributed by atoms with Gasteiger partial charge in [0, 0.05) is 12.1 Å². The number of pyridine rings is 1. The summed E-state index contributed by atoms with van der Waals surface area (Å²) in [6.07, 6.45) is 1.67. The normalized spacial score (nSPS) is 12.3. The van der Waals surface area contributed by atoms with Gasteiger partial charge in [-0.3, -0.25) is 0 Å². The molecule has 1 unspecified atom stereocenters. The van der Waals surface area contributed by atoms with Gasteiger partial charge in [0.05, 0.1) is 11.9 Å². The molecule has 2 rings (SSSR count). The third-order valence-corrected chi connectivity index (χ3v) is 3.61. The topological polar surface area (TPSA) is 24.9 Å². The van der Waals surface area contributed by atoms with Crippen molar-refractivity contribution < 1.29 is 8.78 Å². The molecule has 0 bridgehead atoms. The predicted octanol–water partition coefficient (Wildman–Crippen LogP) is 4.60. The lowest BCUT2D eigenvalue weighted by Gasteiger charge is -2.16. The zero-order valence-electron chi connectivity index (χ0n) is 10.5. The van der Waals surface area contributed by atoms with Gasteiger partial charge in [-0.1, -0.05) is 0 Å². The van der Waals surface area contributed by atoms with Crippen LogP contribution in [0, 0.1) is 18.6 Å². The molecule has 0 fully saturated rings. The van der Waals surface area contributed by atoms with Crippen LogP contribution < -0.4 is 5.32 Å². The van der Waals surface area contributed by atoms with E-state index in [1.807, 2.05) is 19.9 Å². The summed E-state index contributed by atoms with van der Waals surface area (Å²) in [7, 11) is 0. The number of hydrogen-bond donors (Lipinski definition) is 1. The first-order chi connectivity index (χ1) is 8.95. The van der Waals surface area contributed by atoms with Crippen LogP contribution in [0.1, 0.15) is 24.1 Å². The van der Waals surface area contributed by atoms with Gasteiger partial charge in [-0.05, 0) is 59.1 Å². The highest BCUT2D eigenvalue weighted by Crippen LogP contribution is 2.23. The number of aromatic nitrogens is 1. The average Bonchev–Trinajstić information content (AvgIpc) is 2.32. The van der Waals surface area contributed by atoms with Gasteiger partial charge in [-0.2, -0.15) is 0 Å². The van der Waals surface area contributed by atoms with Crippen LogP contribution in [0.5, 0.6) is 0 Å². The van der Waals surface area contributed by atoms with Crippen LogP contribution in [-0.2, 0) is 0 Å². The van der Waals surface area contributed by atoms with Gasteiger partial charge in [0.2, 0.25) is 0 Å². The summed E-state index contributed by atoms with van der Waals surface area (Å²) in [4.78, 5) is 4.17. The highest BCUT2D eigenvalue weighted by molar-refractivity contribution is 9.10. The Bertz CT molecular complexity index is 582. The van der Waals surface area contributed by atoms with Crippen LogP contribution in [0.25, 0.3) is 0 Å². The molecule has 0 aliphatic heterocycles. The fraction of sp³-hybridized carbons (Fsp3) is 0.214. The molecule has 100 valence electrons. The monoisotopic (exact) mass is 326 g/mol. The number of aryl methyl sites for hydroxylation is 1. The number of rotatable bonds is 3. The minimum Gasteiger partial charge on any atom is -0.377 e. The molecule has 0 aliphatic carbocycles. The van der Waals surface area contributed by atoms with E-state index in [-0.39, 0.29) is 6.04 Å². The van der Waals surface area contributed by atoms with E-state index >= 15 is 0 Å². The van der Waals surface area contributed by atoms with E-state index in [0.717, 1.165) is 21.9 Å². The number of nitrogens with one attached hydrogen (secondary N) is 1. The fourth-order valence-corrected chi connectivity index (χ4v) is 2.01. The van der Waals surface area contributed by atoms with Crippen molar-refractivity contribution in [2.24, 2.45) is 0 Å². The van der Waals surface area contributed by atoms with E-state index in [2.05, 4.69) is 26.2 Å². The van der Waals surface area contributed by atoms with Crippen molar-refractivity contribution in [1.29, 1.82) is 0 Å². The largest absolute Gasteiger partial charge is 0.377 e. The number of hydrogen-bond acceptors (Lipinski definition) is 2.